The standard InChI is InChI=1S/C21H28N4O2.HI/c1-4-12-27-19-13-16(2)10-11-17(19)14-23-21(22-3)24-15-20(26)25-18-8-6-5-7-9-18;/h5-11,13H,4,12,14-15H2,1-3H3,(H,25,26)(H2,22,23,24);1H. The minimum atomic E-state index is -0.133. The van der Waals surface area contributed by atoms with E-state index >= 15 is 0 Å². The molecule has 3 N–H and O–H groups in total. The van der Waals surface area contributed by atoms with Crippen molar-refractivity contribution in [2.24, 2.45) is 4.99 Å². The lowest BCUT2D eigenvalue weighted by Gasteiger charge is -2.15. The summed E-state index contributed by atoms with van der Waals surface area (Å²) in [6.07, 6.45) is 0.959. The highest BCUT2D eigenvalue weighted by molar-refractivity contribution is 14.0. The Bertz CT molecular complexity index is 766. The van der Waals surface area contributed by atoms with E-state index in [0.717, 1.165) is 29.0 Å². The van der Waals surface area contributed by atoms with Gasteiger partial charge in [-0.25, -0.2) is 0 Å². The fourth-order valence-corrected chi connectivity index (χ4v) is 2.44. The average Bonchev–Trinajstić information content (AvgIpc) is 2.68. The first-order valence-electron chi connectivity index (χ1n) is 9.14. The van der Waals surface area contributed by atoms with Gasteiger partial charge in [0.2, 0.25) is 5.91 Å². The predicted octanol–water partition coefficient (Wildman–Crippen LogP) is 3.71. The fraction of sp³-hybridized carbons (Fsp3) is 0.333. The van der Waals surface area contributed by atoms with Crippen LogP contribution in [0, 0.1) is 6.92 Å². The highest BCUT2D eigenvalue weighted by Gasteiger charge is 2.07. The number of anilines is 1. The van der Waals surface area contributed by atoms with Crippen molar-refractivity contribution >= 4 is 41.5 Å². The van der Waals surface area contributed by atoms with Crippen LogP contribution in [0.5, 0.6) is 5.75 Å². The van der Waals surface area contributed by atoms with Gasteiger partial charge >= 0.3 is 0 Å². The van der Waals surface area contributed by atoms with E-state index in [-0.39, 0.29) is 36.4 Å². The molecule has 0 unspecified atom stereocenters. The molecule has 152 valence electrons. The molecule has 0 aliphatic heterocycles. The molecule has 0 saturated carbocycles. The molecule has 6 nitrogen and oxygen atoms in total. The number of carbonyl (C=O) groups excluding carboxylic acids is 1. The number of guanidine groups is 1. The molecule has 28 heavy (non-hydrogen) atoms. The van der Waals surface area contributed by atoms with Crippen LogP contribution in [-0.4, -0.2) is 32.1 Å². The van der Waals surface area contributed by atoms with Gasteiger partial charge in [0.1, 0.15) is 5.75 Å². The van der Waals surface area contributed by atoms with Crippen LogP contribution in [0.2, 0.25) is 0 Å². The lowest BCUT2D eigenvalue weighted by molar-refractivity contribution is -0.115. The molecule has 0 bridgehead atoms. The lowest BCUT2D eigenvalue weighted by Crippen LogP contribution is -2.41. The lowest BCUT2D eigenvalue weighted by atomic mass is 10.1. The van der Waals surface area contributed by atoms with Gasteiger partial charge in [-0.2, -0.15) is 0 Å². The van der Waals surface area contributed by atoms with Crippen molar-refractivity contribution in [3.63, 3.8) is 0 Å². The smallest absolute Gasteiger partial charge is 0.243 e. The molecule has 2 aromatic carbocycles. The third kappa shape index (κ3) is 8.16. The Morgan fingerprint density at radius 3 is 2.54 bits per heavy atom. The van der Waals surface area contributed by atoms with Crippen LogP contribution in [0.3, 0.4) is 0 Å². The zero-order chi connectivity index (χ0) is 19.5. The highest BCUT2D eigenvalue weighted by atomic mass is 127. The summed E-state index contributed by atoms with van der Waals surface area (Å²) < 4.78 is 5.83. The number of hydrogen-bond donors (Lipinski definition) is 3. The summed E-state index contributed by atoms with van der Waals surface area (Å²) in [5.74, 6) is 1.30. The van der Waals surface area contributed by atoms with E-state index in [1.807, 2.05) is 49.4 Å². The number of carbonyl (C=O) groups is 1. The summed E-state index contributed by atoms with van der Waals surface area (Å²) in [5, 5.41) is 9.07. The monoisotopic (exact) mass is 496 g/mol. The number of halogens is 1. The zero-order valence-electron chi connectivity index (χ0n) is 16.6. The van der Waals surface area contributed by atoms with Crippen LogP contribution in [0.25, 0.3) is 0 Å². The van der Waals surface area contributed by atoms with Crippen LogP contribution < -0.4 is 20.7 Å². The number of aliphatic imine (C=N–C) groups is 1. The van der Waals surface area contributed by atoms with Crippen molar-refractivity contribution in [3.8, 4) is 5.75 Å². The van der Waals surface area contributed by atoms with E-state index in [9.17, 15) is 4.79 Å². The molecule has 0 atom stereocenters. The number of ether oxygens (including phenoxy) is 1. The summed E-state index contributed by atoms with van der Waals surface area (Å²) in [6, 6.07) is 15.5. The van der Waals surface area contributed by atoms with Gasteiger partial charge < -0.3 is 20.7 Å². The second-order valence-corrected chi connectivity index (χ2v) is 6.15. The Balaban J connectivity index is 0.00000392. The van der Waals surface area contributed by atoms with E-state index in [1.165, 1.54) is 0 Å². The van der Waals surface area contributed by atoms with Crippen LogP contribution in [0.4, 0.5) is 5.69 Å². The second kappa shape index (κ2) is 13.0. The van der Waals surface area contributed by atoms with Crippen molar-refractivity contribution < 1.29 is 9.53 Å². The summed E-state index contributed by atoms with van der Waals surface area (Å²) >= 11 is 0. The van der Waals surface area contributed by atoms with Crippen LogP contribution >= 0.6 is 24.0 Å². The first kappa shape index (κ1) is 23.7. The molecule has 0 heterocycles. The van der Waals surface area contributed by atoms with Crippen molar-refractivity contribution in [2.75, 3.05) is 25.5 Å². The first-order valence-corrected chi connectivity index (χ1v) is 9.14. The molecule has 2 aromatic rings. The molecule has 0 radical (unpaired) electrons. The molecule has 0 aliphatic carbocycles. The summed E-state index contributed by atoms with van der Waals surface area (Å²) in [7, 11) is 1.67. The van der Waals surface area contributed by atoms with E-state index in [4.69, 9.17) is 4.74 Å². The van der Waals surface area contributed by atoms with E-state index in [0.29, 0.717) is 19.1 Å². The molecule has 0 spiro atoms. The Morgan fingerprint density at radius 2 is 1.86 bits per heavy atom. The third-order valence-electron chi connectivity index (χ3n) is 3.83. The normalized spacial score (nSPS) is 10.6. The number of hydrogen-bond acceptors (Lipinski definition) is 3. The third-order valence-corrected chi connectivity index (χ3v) is 3.83. The Kier molecular flexibility index (Phi) is 11.0. The molecule has 0 fully saturated rings. The fourth-order valence-electron chi connectivity index (χ4n) is 2.44. The van der Waals surface area contributed by atoms with Crippen LogP contribution in [-0.2, 0) is 11.3 Å². The van der Waals surface area contributed by atoms with Gasteiger partial charge in [-0.3, -0.25) is 9.79 Å². The van der Waals surface area contributed by atoms with E-state index < -0.39 is 0 Å². The number of aryl methyl sites for hydroxylation is 1. The molecule has 0 aliphatic rings. The van der Waals surface area contributed by atoms with Gasteiger partial charge in [-0.05, 0) is 37.1 Å². The molecule has 0 saturated heterocycles. The first-order chi connectivity index (χ1) is 13.1. The molecule has 7 heteroatoms. The SMILES string of the molecule is CCCOc1cc(C)ccc1CNC(=NC)NCC(=O)Nc1ccccc1.I. The highest BCUT2D eigenvalue weighted by Crippen LogP contribution is 2.20. The van der Waals surface area contributed by atoms with Crippen molar-refractivity contribution in [1.29, 1.82) is 0 Å². The van der Waals surface area contributed by atoms with Gasteiger partial charge in [-0.15, -0.1) is 24.0 Å². The zero-order valence-corrected chi connectivity index (χ0v) is 18.9. The number of nitrogens with one attached hydrogen (secondary N) is 3. The predicted molar refractivity (Wildman–Crippen MR) is 126 cm³/mol. The van der Waals surface area contributed by atoms with Gasteiger partial charge in [-0.1, -0.05) is 37.3 Å². The summed E-state index contributed by atoms with van der Waals surface area (Å²) in [6.45, 7) is 5.49. The number of rotatable bonds is 8. The maximum absolute atomic E-state index is 12.0. The van der Waals surface area contributed by atoms with Crippen LogP contribution in [0.1, 0.15) is 24.5 Å². The number of amides is 1. The van der Waals surface area contributed by atoms with Gasteiger partial charge in [0, 0.05) is 24.8 Å². The van der Waals surface area contributed by atoms with Crippen LogP contribution in [0.15, 0.2) is 53.5 Å². The quantitative estimate of drug-likeness (QED) is 0.296. The Morgan fingerprint density at radius 1 is 1.11 bits per heavy atom. The minimum absolute atomic E-state index is 0. The van der Waals surface area contributed by atoms with Crippen molar-refractivity contribution in [3.05, 3.63) is 59.7 Å². The molecule has 2 rings (SSSR count). The largest absolute Gasteiger partial charge is 0.493 e. The van der Waals surface area contributed by atoms with E-state index in [1.54, 1.807) is 7.05 Å². The number of para-hydroxylation sites is 1. The maximum atomic E-state index is 12.0. The Labute approximate surface area is 184 Å². The molecular weight excluding hydrogens is 467 g/mol. The second-order valence-electron chi connectivity index (χ2n) is 6.15. The minimum Gasteiger partial charge on any atom is -0.493 e. The molecular formula is C21H29IN4O2. The van der Waals surface area contributed by atoms with Crippen molar-refractivity contribution in [1.82, 2.24) is 10.6 Å². The molecule has 0 aromatic heterocycles. The van der Waals surface area contributed by atoms with E-state index in [2.05, 4.69) is 33.9 Å². The number of nitrogens with zero attached hydrogens (tertiary/aromatic N) is 1. The van der Waals surface area contributed by atoms with Gasteiger partial charge in [0.15, 0.2) is 5.96 Å². The maximum Gasteiger partial charge on any atom is 0.243 e. The average molecular weight is 496 g/mol. The van der Waals surface area contributed by atoms with Gasteiger partial charge in [0.05, 0.1) is 13.2 Å². The molecule has 1 amide bonds. The van der Waals surface area contributed by atoms with Gasteiger partial charge in [0.25, 0.3) is 0 Å². The van der Waals surface area contributed by atoms with Crippen molar-refractivity contribution in [2.45, 2.75) is 26.8 Å². The Hall–Kier alpha value is -2.29. The number of benzene rings is 2. The summed E-state index contributed by atoms with van der Waals surface area (Å²) in [4.78, 5) is 16.2. The topological polar surface area (TPSA) is 74.8 Å². The summed E-state index contributed by atoms with van der Waals surface area (Å²) in [5.41, 5.74) is 2.97.